The fourth-order valence-electron chi connectivity index (χ4n) is 1.94. The molecular weight excluding hydrogens is 417 g/mol. The van der Waals surface area contributed by atoms with Gasteiger partial charge in [-0.15, -0.1) is 0 Å². The van der Waals surface area contributed by atoms with Crippen molar-refractivity contribution in [2.45, 2.75) is 20.0 Å². The molecule has 0 spiro atoms. The summed E-state index contributed by atoms with van der Waals surface area (Å²) >= 11 is 2.17. The lowest BCUT2D eigenvalue weighted by Crippen LogP contribution is -2.29. The topological polar surface area (TPSA) is 55.4 Å². The van der Waals surface area contributed by atoms with Crippen molar-refractivity contribution in [1.82, 2.24) is 5.32 Å². The van der Waals surface area contributed by atoms with Gasteiger partial charge in [-0.2, -0.15) is 0 Å². The molecule has 0 atom stereocenters. The number of amides is 1. The zero-order chi connectivity index (χ0) is 17.5. The van der Waals surface area contributed by atoms with Gasteiger partial charge in [0, 0.05) is 9.13 Å². The van der Waals surface area contributed by atoms with Gasteiger partial charge in [0.25, 0.3) is 5.91 Å². The second-order valence-corrected chi connectivity index (χ2v) is 6.63. The molecule has 0 aliphatic rings. The number of esters is 1. The lowest BCUT2D eigenvalue weighted by Gasteiger charge is -2.12. The summed E-state index contributed by atoms with van der Waals surface area (Å²) in [7, 11) is 0. The highest BCUT2D eigenvalue weighted by molar-refractivity contribution is 14.1. The minimum absolute atomic E-state index is 0.110. The summed E-state index contributed by atoms with van der Waals surface area (Å²) in [6.45, 7) is 3.53. The van der Waals surface area contributed by atoms with Crippen molar-refractivity contribution in [3.8, 4) is 0 Å². The summed E-state index contributed by atoms with van der Waals surface area (Å²) in [5, 5.41) is 2.65. The molecule has 0 aliphatic heterocycles. The van der Waals surface area contributed by atoms with Crippen LogP contribution in [-0.2, 0) is 9.53 Å². The molecule has 0 saturated carbocycles. The minimum Gasteiger partial charge on any atom is -0.458 e. The fourth-order valence-corrected chi connectivity index (χ4v) is 2.29. The molecule has 0 radical (unpaired) electrons. The van der Waals surface area contributed by atoms with Gasteiger partial charge in [-0.1, -0.05) is 30.3 Å². The van der Waals surface area contributed by atoms with Crippen molar-refractivity contribution in [1.29, 1.82) is 0 Å². The molecular formula is C19H18INO3. The van der Waals surface area contributed by atoms with Gasteiger partial charge in [-0.05, 0) is 72.3 Å². The molecule has 2 rings (SSSR count). The van der Waals surface area contributed by atoms with Gasteiger partial charge < -0.3 is 10.1 Å². The number of hydrogen-bond acceptors (Lipinski definition) is 3. The smallest absolute Gasteiger partial charge is 0.355 e. The predicted molar refractivity (Wildman–Crippen MR) is 102 cm³/mol. The largest absolute Gasteiger partial charge is 0.458 e. The number of hydrogen-bond donors (Lipinski definition) is 1. The highest BCUT2D eigenvalue weighted by Crippen LogP contribution is 2.10. The molecule has 0 aromatic heterocycles. The summed E-state index contributed by atoms with van der Waals surface area (Å²) in [5.74, 6) is -0.915. The Balaban J connectivity index is 2.25. The first-order valence-corrected chi connectivity index (χ1v) is 8.58. The lowest BCUT2D eigenvalue weighted by atomic mass is 10.1. The average molecular weight is 435 g/mol. The van der Waals surface area contributed by atoms with Crippen molar-refractivity contribution in [3.63, 3.8) is 0 Å². The van der Waals surface area contributed by atoms with Gasteiger partial charge in [0.05, 0.1) is 6.10 Å². The van der Waals surface area contributed by atoms with E-state index < -0.39 is 5.97 Å². The van der Waals surface area contributed by atoms with Crippen LogP contribution in [-0.4, -0.2) is 18.0 Å². The Hall–Kier alpha value is -2.15. The fraction of sp³-hybridized carbons (Fsp3) is 0.158. The van der Waals surface area contributed by atoms with Crippen LogP contribution < -0.4 is 5.32 Å². The van der Waals surface area contributed by atoms with Gasteiger partial charge >= 0.3 is 5.97 Å². The molecule has 0 saturated heterocycles. The number of rotatable bonds is 5. The van der Waals surface area contributed by atoms with Crippen molar-refractivity contribution in [3.05, 3.63) is 75.0 Å². The third-order valence-corrected chi connectivity index (χ3v) is 3.75. The van der Waals surface area contributed by atoms with Crippen LogP contribution in [0.25, 0.3) is 6.08 Å². The zero-order valence-electron chi connectivity index (χ0n) is 13.5. The third kappa shape index (κ3) is 5.49. The van der Waals surface area contributed by atoms with E-state index >= 15 is 0 Å². The Morgan fingerprint density at radius 2 is 1.67 bits per heavy atom. The Morgan fingerprint density at radius 3 is 2.25 bits per heavy atom. The van der Waals surface area contributed by atoms with Crippen molar-refractivity contribution in [2.24, 2.45) is 0 Å². The molecule has 2 aromatic rings. The van der Waals surface area contributed by atoms with E-state index in [0.29, 0.717) is 5.56 Å². The van der Waals surface area contributed by atoms with E-state index in [4.69, 9.17) is 4.74 Å². The first kappa shape index (κ1) is 18.2. The maximum Gasteiger partial charge on any atom is 0.355 e. The number of carbonyl (C=O) groups excluding carboxylic acids is 2. The van der Waals surface area contributed by atoms with Gasteiger partial charge in [0.2, 0.25) is 0 Å². The van der Waals surface area contributed by atoms with Gasteiger partial charge in [0.1, 0.15) is 5.70 Å². The molecule has 124 valence electrons. The summed E-state index contributed by atoms with van der Waals surface area (Å²) in [5.41, 5.74) is 1.39. The summed E-state index contributed by atoms with van der Waals surface area (Å²) in [6, 6.07) is 16.4. The molecule has 1 amide bonds. The zero-order valence-corrected chi connectivity index (χ0v) is 15.6. The Bertz CT molecular complexity index is 737. The minimum atomic E-state index is -0.562. The molecule has 5 heteroatoms. The van der Waals surface area contributed by atoms with E-state index in [9.17, 15) is 9.59 Å². The third-order valence-electron chi connectivity index (χ3n) is 3.03. The molecule has 4 nitrogen and oxygen atoms in total. The van der Waals surface area contributed by atoms with Crippen molar-refractivity contribution in [2.75, 3.05) is 0 Å². The van der Waals surface area contributed by atoms with E-state index in [2.05, 4.69) is 27.9 Å². The van der Waals surface area contributed by atoms with Crippen LogP contribution in [0.3, 0.4) is 0 Å². The summed E-state index contributed by atoms with van der Waals surface area (Å²) in [6.07, 6.45) is 1.34. The van der Waals surface area contributed by atoms with Gasteiger partial charge in [-0.3, -0.25) is 4.79 Å². The molecule has 1 N–H and O–H groups in total. The maximum atomic E-state index is 12.4. The molecule has 0 fully saturated rings. The maximum absolute atomic E-state index is 12.4. The molecule has 24 heavy (non-hydrogen) atoms. The highest BCUT2D eigenvalue weighted by Gasteiger charge is 2.17. The summed E-state index contributed by atoms with van der Waals surface area (Å²) < 4.78 is 6.25. The van der Waals surface area contributed by atoms with Crippen molar-refractivity contribution < 1.29 is 14.3 Å². The van der Waals surface area contributed by atoms with E-state index in [1.807, 2.05) is 42.5 Å². The van der Waals surface area contributed by atoms with E-state index in [1.165, 1.54) is 0 Å². The highest BCUT2D eigenvalue weighted by atomic mass is 127. The van der Waals surface area contributed by atoms with E-state index in [1.54, 1.807) is 32.1 Å². The molecule has 0 heterocycles. The molecule has 0 unspecified atom stereocenters. The Labute approximate surface area is 155 Å². The quantitative estimate of drug-likeness (QED) is 0.439. The lowest BCUT2D eigenvalue weighted by molar-refractivity contribution is -0.142. The number of carbonyl (C=O) groups is 2. The van der Waals surface area contributed by atoms with Crippen LogP contribution in [0, 0.1) is 3.57 Å². The monoisotopic (exact) mass is 435 g/mol. The molecule has 2 aromatic carbocycles. The average Bonchev–Trinajstić information content (AvgIpc) is 2.55. The van der Waals surface area contributed by atoms with Gasteiger partial charge in [0.15, 0.2) is 0 Å². The Kier molecular flexibility index (Phi) is 6.54. The second kappa shape index (κ2) is 8.63. The number of ether oxygens (including phenoxy) is 1. The van der Waals surface area contributed by atoms with Crippen molar-refractivity contribution >= 4 is 40.5 Å². The van der Waals surface area contributed by atoms with Crippen LogP contribution in [0.5, 0.6) is 0 Å². The number of benzene rings is 2. The van der Waals surface area contributed by atoms with Gasteiger partial charge in [-0.25, -0.2) is 4.79 Å². The second-order valence-electron chi connectivity index (χ2n) is 5.38. The van der Waals surface area contributed by atoms with Crippen LogP contribution in [0.15, 0.2) is 60.3 Å². The molecule has 0 aliphatic carbocycles. The first-order valence-electron chi connectivity index (χ1n) is 7.50. The predicted octanol–water partition coefficient (Wildman–Crippen LogP) is 4.01. The number of nitrogens with one attached hydrogen (secondary N) is 1. The SMILES string of the molecule is CC(C)OC(=O)C(=Cc1ccccc1)NC(=O)c1ccc(I)cc1. The normalized spacial score (nSPS) is 11.2. The Morgan fingerprint density at radius 1 is 1.04 bits per heavy atom. The van der Waals surface area contributed by atoms with Crippen LogP contribution in [0.4, 0.5) is 0 Å². The van der Waals surface area contributed by atoms with Crippen LogP contribution in [0.1, 0.15) is 29.8 Å². The molecule has 0 bridgehead atoms. The van der Waals surface area contributed by atoms with Crippen LogP contribution >= 0.6 is 22.6 Å². The standard InChI is InChI=1S/C19H18INO3/c1-13(2)24-19(23)17(12-14-6-4-3-5-7-14)21-18(22)15-8-10-16(20)11-9-15/h3-13H,1-2H3,(H,21,22). The summed E-state index contributed by atoms with van der Waals surface area (Å²) in [4.78, 5) is 24.7. The van der Waals surface area contributed by atoms with E-state index in [-0.39, 0.29) is 17.7 Å². The first-order chi connectivity index (χ1) is 11.5. The van der Waals surface area contributed by atoms with Crippen LogP contribution in [0.2, 0.25) is 0 Å². The van der Waals surface area contributed by atoms with E-state index in [0.717, 1.165) is 9.13 Å². The number of halogens is 1.